The fourth-order valence-electron chi connectivity index (χ4n) is 4.51. The van der Waals surface area contributed by atoms with Crippen LogP contribution in [0.15, 0.2) is 66.0 Å². The maximum Gasteiger partial charge on any atom is 0.251 e. The average Bonchev–Trinajstić information content (AvgIpc) is 3.52. The van der Waals surface area contributed by atoms with Crippen LogP contribution in [0, 0.1) is 0 Å². The monoisotopic (exact) mass is 449 g/mol. The van der Waals surface area contributed by atoms with Gasteiger partial charge < -0.3 is 19.7 Å². The zero-order valence-electron chi connectivity index (χ0n) is 18.1. The van der Waals surface area contributed by atoms with Crippen LogP contribution < -0.4 is 19.7 Å². The zero-order chi connectivity index (χ0) is 21.9. The summed E-state index contributed by atoms with van der Waals surface area (Å²) in [5.41, 5.74) is 1.85. The molecule has 2 atom stereocenters. The molecule has 32 heavy (non-hydrogen) atoms. The molecule has 0 radical (unpaired) electrons. The minimum Gasteiger partial charge on any atom is -0.454 e. The van der Waals surface area contributed by atoms with E-state index in [4.69, 9.17) is 9.47 Å². The topological polar surface area (TPSA) is 54.0 Å². The first-order valence-corrected chi connectivity index (χ1v) is 11.8. The van der Waals surface area contributed by atoms with E-state index < -0.39 is 0 Å². The number of carbonyl (C=O) groups excluding carboxylic acids is 1. The number of benzene rings is 2. The van der Waals surface area contributed by atoms with Crippen LogP contribution in [0.5, 0.6) is 11.5 Å². The van der Waals surface area contributed by atoms with Gasteiger partial charge in [-0.15, -0.1) is 11.3 Å². The van der Waals surface area contributed by atoms with Crippen molar-refractivity contribution >= 4 is 22.9 Å². The molecule has 0 aliphatic carbocycles. The molecule has 7 heteroatoms. The fraction of sp³-hybridized carbons (Fsp3) is 0.320. The van der Waals surface area contributed by atoms with Crippen molar-refractivity contribution in [2.24, 2.45) is 0 Å². The van der Waals surface area contributed by atoms with Gasteiger partial charge in [0.05, 0.1) is 6.04 Å². The van der Waals surface area contributed by atoms with Gasteiger partial charge in [-0.25, -0.2) is 0 Å². The third-order valence-corrected chi connectivity index (χ3v) is 7.07. The molecule has 5 rings (SSSR count). The molecule has 2 aromatic carbocycles. The summed E-state index contributed by atoms with van der Waals surface area (Å²) in [4.78, 5) is 19.2. The minimum atomic E-state index is -0.0970. The molecule has 3 heterocycles. The highest BCUT2D eigenvalue weighted by Gasteiger charge is 2.31. The summed E-state index contributed by atoms with van der Waals surface area (Å²) in [6.07, 6.45) is 0. The molecule has 166 valence electrons. The van der Waals surface area contributed by atoms with E-state index in [0.717, 1.165) is 26.2 Å². The van der Waals surface area contributed by atoms with Crippen LogP contribution in [0.2, 0.25) is 0 Å². The predicted octanol–water partition coefficient (Wildman–Crippen LogP) is 4.16. The van der Waals surface area contributed by atoms with Crippen molar-refractivity contribution in [1.82, 2.24) is 10.2 Å². The number of thiophene rings is 1. The first-order valence-electron chi connectivity index (χ1n) is 11.0. The lowest BCUT2D eigenvalue weighted by Gasteiger charge is -2.42. The molecule has 0 saturated carbocycles. The number of hydrogen-bond donors (Lipinski definition) is 1. The van der Waals surface area contributed by atoms with Crippen LogP contribution in [0.1, 0.15) is 28.2 Å². The molecule has 1 amide bonds. The van der Waals surface area contributed by atoms with Gasteiger partial charge in [0.2, 0.25) is 6.79 Å². The Morgan fingerprint density at radius 2 is 1.75 bits per heavy atom. The second-order valence-electron chi connectivity index (χ2n) is 8.15. The van der Waals surface area contributed by atoms with Crippen LogP contribution >= 0.6 is 11.3 Å². The van der Waals surface area contributed by atoms with E-state index in [1.165, 1.54) is 10.6 Å². The van der Waals surface area contributed by atoms with Crippen LogP contribution in [0.4, 0.5) is 5.69 Å². The number of hydrogen-bond acceptors (Lipinski definition) is 6. The van der Waals surface area contributed by atoms with Gasteiger partial charge in [-0.3, -0.25) is 9.69 Å². The standard InChI is InChI=1S/C25H27N3O3S/c1-18(26-25(29)19-9-10-21-22(16-19)31-17-30-21)24(23-8-5-15-32-23)28-13-11-27(12-14-28)20-6-3-2-4-7-20/h2-10,15-16,18,24H,11-14,17H2,1H3,(H,26,29)/t18-,24+/m1/s1. The number of ether oxygens (including phenoxy) is 2. The van der Waals surface area contributed by atoms with Gasteiger partial charge in [0.1, 0.15) is 0 Å². The van der Waals surface area contributed by atoms with E-state index in [0.29, 0.717) is 17.1 Å². The number of piperazine rings is 1. The minimum absolute atomic E-state index is 0.0464. The first-order chi connectivity index (χ1) is 15.7. The maximum absolute atomic E-state index is 13.0. The average molecular weight is 450 g/mol. The van der Waals surface area contributed by atoms with Crippen LogP contribution in [-0.4, -0.2) is 49.8 Å². The summed E-state index contributed by atoms with van der Waals surface area (Å²) in [6, 6.07) is 20.2. The molecule has 1 saturated heterocycles. The quantitative estimate of drug-likeness (QED) is 0.613. The van der Waals surface area contributed by atoms with Gasteiger partial charge in [0.15, 0.2) is 11.5 Å². The molecule has 2 aliphatic rings. The largest absolute Gasteiger partial charge is 0.454 e. The van der Waals surface area contributed by atoms with E-state index >= 15 is 0 Å². The molecule has 1 N–H and O–H groups in total. The number of carbonyl (C=O) groups is 1. The summed E-state index contributed by atoms with van der Waals surface area (Å²) >= 11 is 1.75. The van der Waals surface area contributed by atoms with Crippen molar-refractivity contribution in [3.05, 3.63) is 76.5 Å². The Bertz CT molecular complexity index is 1050. The Kier molecular flexibility index (Phi) is 6.01. The summed E-state index contributed by atoms with van der Waals surface area (Å²) in [5, 5.41) is 5.34. The van der Waals surface area contributed by atoms with Crippen molar-refractivity contribution in [3.8, 4) is 11.5 Å². The molecule has 0 bridgehead atoms. The van der Waals surface area contributed by atoms with Gasteiger partial charge in [-0.2, -0.15) is 0 Å². The number of amides is 1. The van der Waals surface area contributed by atoms with Crippen LogP contribution in [-0.2, 0) is 0 Å². The smallest absolute Gasteiger partial charge is 0.251 e. The lowest BCUT2D eigenvalue weighted by atomic mass is 10.0. The molecule has 1 aromatic heterocycles. The van der Waals surface area contributed by atoms with Crippen molar-refractivity contribution in [2.75, 3.05) is 37.9 Å². The van der Waals surface area contributed by atoms with E-state index in [1.807, 2.05) is 0 Å². The summed E-state index contributed by atoms with van der Waals surface area (Å²) in [6.45, 7) is 6.12. The highest BCUT2D eigenvalue weighted by molar-refractivity contribution is 7.10. The van der Waals surface area contributed by atoms with Crippen LogP contribution in [0.3, 0.4) is 0 Å². The summed E-state index contributed by atoms with van der Waals surface area (Å²) in [7, 11) is 0. The van der Waals surface area contributed by atoms with Gasteiger partial charge in [-0.05, 0) is 48.7 Å². The number of nitrogens with zero attached hydrogens (tertiary/aromatic N) is 2. The Hall–Kier alpha value is -3.03. The molecule has 0 spiro atoms. The summed E-state index contributed by atoms with van der Waals surface area (Å²) in [5.74, 6) is 1.21. The summed E-state index contributed by atoms with van der Waals surface area (Å²) < 4.78 is 10.8. The number of rotatable bonds is 6. The van der Waals surface area contributed by atoms with Gasteiger partial charge in [0, 0.05) is 48.3 Å². The van der Waals surface area contributed by atoms with E-state index in [1.54, 1.807) is 29.5 Å². The molecule has 3 aromatic rings. The third kappa shape index (κ3) is 4.31. The predicted molar refractivity (Wildman–Crippen MR) is 127 cm³/mol. The van der Waals surface area contributed by atoms with Crippen LogP contribution in [0.25, 0.3) is 0 Å². The molecular formula is C25H27N3O3S. The van der Waals surface area contributed by atoms with Crippen molar-refractivity contribution in [2.45, 2.75) is 19.0 Å². The van der Waals surface area contributed by atoms with E-state index in [9.17, 15) is 4.79 Å². The number of anilines is 1. The van der Waals surface area contributed by atoms with E-state index in [-0.39, 0.29) is 24.8 Å². The van der Waals surface area contributed by atoms with Gasteiger partial charge in [0.25, 0.3) is 5.91 Å². The second-order valence-corrected chi connectivity index (χ2v) is 9.13. The van der Waals surface area contributed by atoms with E-state index in [2.05, 4.69) is 69.9 Å². The Labute approximate surface area is 192 Å². The highest BCUT2D eigenvalue weighted by Crippen LogP contribution is 2.33. The highest BCUT2D eigenvalue weighted by atomic mass is 32.1. The molecule has 1 fully saturated rings. The number of nitrogens with one attached hydrogen (secondary N) is 1. The Morgan fingerprint density at radius 1 is 0.969 bits per heavy atom. The van der Waals surface area contributed by atoms with Crippen molar-refractivity contribution in [1.29, 1.82) is 0 Å². The lowest BCUT2D eigenvalue weighted by molar-refractivity contribution is 0.0890. The zero-order valence-corrected chi connectivity index (χ0v) is 18.9. The van der Waals surface area contributed by atoms with Crippen molar-refractivity contribution in [3.63, 3.8) is 0 Å². The molecule has 0 unspecified atom stereocenters. The van der Waals surface area contributed by atoms with Crippen molar-refractivity contribution < 1.29 is 14.3 Å². The number of para-hydroxylation sites is 1. The number of fused-ring (bicyclic) bond motifs is 1. The normalized spacial score (nSPS) is 17.7. The van der Waals surface area contributed by atoms with Gasteiger partial charge >= 0.3 is 0 Å². The van der Waals surface area contributed by atoms with Gasteiger partial charge in [-0.1, -0.05) is 24.3 Å². The molecular weight excluding hydrogens is 422 g/mol. The fourth-order valence-corrected chi connectivity index (χ4v) is 5.47. The molecule has 6 nitrogen and oxygen atoms in total. The third-order valence-electron chi connectivity index (χ3n) is 6.13. The Balaban J connectivity index is 1.29. The SMILES string of the molecule is C[C@@H](NC(=O)c1ccc2c(c1)OCO2)[C@@H](c1cccs1)N1CCN(c2ccccc2)CC1. The Morgan fingerprint density at radius 3 is 2.50 bits per heavy atom. The first kappa shape index (κ1) is 20.8. The maximum atomic E-state index is 13.0. The molecule has 2 aliphatic heterocycles. The lowest BCUT2D eigenvalue weighted by Crippen LogP contribution is -2.52. The second kappa shape index (κ2) is 9.22.